The van der Waals surface area contributed by atoms with E-state index in [1.807, 2.05) is 48.5 Å². The number of nitrogens with two attached hydrogens (primary N) is 1. The zero-order valence-electron chi connectivity index (χ0n) is 19.2. The van der Waals surface area contributed by atoms with Crippen molar-refractivity contribution >= 4 is 11.8 Å². The summed E-state index contributed by atoms with van der Waals surface area (Å²) in [6, 6.07) is 14.5. The molecule has 4 N–H and O–H groups in total. The fourth-order valence-electron chi connectivity index (χ4n) is 4.07. The second-order valence-corrected chi connectivity index (χ2v) is 8.50. The summed E-state index contributed by atoms with van der Waals surface area (Å²) in [4.78, 5) is 19.7. The first-order valence-electron chi connectivity index (χ1n) is 11.5. The Bertz CT molecular complexity index is 1110. The molecule has 0 saturated heterocycles. The van der Waals surface area contributed by atoms with Crippen molar-refractivity contribution in [2.45, 2.75) is 50.8 Å². The number of aliphatic carboxylic acids is 1. The standard InChI is InChI=1S/C26H30N4O4/c1-33-23-11-8-18(13-24(23)34-20-4-2-3-5-20)15-28-25-14-22(29-16-30-25)19-9-6-17(7-10-19)12-21(27)26(31)32/h6-11,13-14,16,20-21H,2-5,12,15,27H2,1H3,(H,31,32)(H,28,29,30). The second-order valence-electron chi connectivity index (χ2n) is 8.50. The molecule has 0 radical (unpaired) electrons. The van der Waals surface area contributed by atoms with Crippen LogP contribution in [0, 0.1) is 0 Å². The minimum atomic E-state index is -1.01. The molecule has 1 aromatic heterocycles. The Labute approximate surface area is 199 Å². The quantitative estimate of drug-likeness (QED) is 0.413. The predicted molar refractivity (Wildman–Crippen MR) is 130 cm³/mol. The predicted octanol–water partition coefficient (Wildman–Crippen LogP) is 4.04. The van der Waals surface area contributed by atoms with Gasteiger partial charge in [0, 0.05) is 18.2 Å². The van der Waals surface area contributed by atoms with Gasteiger partial charge in [0.1, 0.15) is 18.2 Å². The Balaban J connectivity index is 1.41. The Morgan fingerprint density at radius 2 is 1.82 bits per heavy atom. The molecule has 178 valence electrons. The van der Waals surface area contributed by atoms with Gasteiger partial charge in [-0.3, -0.25) is 4.79 Å². The molecule has 8 nitrogen and oxygen atoms in total. The first kappa shape index (κ1) is 23.5. The largest absolute Gasteiger partial charge is 0.493 e. The molecule has 8 heteroatoms. The highest BCUT2D eigenvalue weighted by Crippen LogP contribution is 2.32. The maximum atomic E-state index is 11.0. The Hall–Kier alpha value is -3.65. The van der Waals surface area contributed by atoms with Gasteiger partial charge in [-0.25, -0.2) is 9.97 Å². The summed E-state index contributed by atoms with van der Waals surface area (Å²) < 4.78 is 11.7. The smallest absolute Gasteiger partial charge is 0.320 e. The zero-order chi connectivity index (χ0) is 23.9. The third kappa shape index (κ3) is 6.02. The fraction of sp³-hybridized carbons (Fsp3) is 0.346. The number of ether oxygens (including phenoxy) is 2. The number of rotatable bonds is 10. The number of carboxylic acids is 1. The van der Waals surface area contributed by atoms with Gasteiger partial charge in [0.25, 0.3) is 0 Å². The third-order valence-corrected chi connectivity index (χ3v) is 5.99. The molecule has 34 heavy (non-hydrogen) atoms. The molecular weight excluding hydrogens is 432 g/mol. The summed E-state index contributed by atoms with van der Waals surface area (Å²) in [6.07, 6.45) is 6.65. The molecule has 1 atom stereocenters. The van der Waals surface area contributed by atoms with E-state index < -0.39 is 12.0 Å². The third-order valence-electron chi connectivity index (χ3n) is 5.99. The van der Waals surface area contributed by atoms with Crippen LogP contribution in [0.2, 0.25) is 0 Å². The number of anilines is 1. The van der Waals surface area contributed by atoms with Crippen LogP contribution >= 0.6 is 0 Å². The van der Waals surface area contributed by atoms with Gasteiger partial charge in [0.15, 0.2) is 11.5 Å². The average Bonchev–Trinajstić information content (AvgIpc) is 3.36. The Morgan fingerprint density at radius 1 is 1.09 bits per heavy atom. The maximum absolute atomic E-state index is 11.0. The lowest BCUT2D eigenvalue weighted by molar-refractivity contribution is -0.138. The van der Waals surface area contributed by atoms with Crippen molar-refractivity contribution in [2.24, 2.45) is 5.73 Å². The lowest BCUT2D eigenvalue weighted by Gasteiger charge is -2.17. The number of aromatic nitrogens is 2. The van der Waals surface area contributed by atoms with Crippen LogP contribution in [0.25, 0.3) is 11.3 Å². The van der Waals surface area contributed by atoms with Crippen LogP contribution in [0.3, 0.4) is 0 Å². The van der Waals surface area contributed by atoms with Gasteiger partial charge in [-0.15, -0.1) is 0 Å². The van der Waals surface area contributed by atoms with E-state index in [0.717, 1.165) is 46.7 Å². The van der Waals surface area contributed by atoms with E-state index in [1.165, 1.54) is 19.2 Å². The van der Waals surface area contributed by atoms with E-state index in [9.17, 15) is 4.79 Å². The summed E-state index contributed by atoms with van der Waals surface area (Å²) in [6.45, 7) is 0.577. The molecule has 3 aromatic rings. The molecule has 0 aliphatic heterocycles. The second kappa shape index (κ2) is 11.0. The zero-order valence-corrected chi connectivity index (χ0v) is 19.2. The number of hydrogen-bond donors (Lipinski definition) is 3. The van der Waals surface area contributed by atoms with Crippen LogP contribution in [0.4, 0.5) is 5.82 Å². The summed E-state index contributed by atoms with van der Waals surface area (Å²) in [7, 11) is 1.66. The van der Waals surface area contributed by atoms with E-state index in [0.29, 0.717) is 12.4 Å². The fourth-order valence-corrected chi connectivity index (χ4v) is 4.07. The van der Waals surface area contributed by atoms with E-state index in [2.05, 4.69) is 15.3 Å². The lowest BCUT2D eigenvalue weighted by atomic mass is 10.0. The average molecular weight is 463 g/mol. The monoisotopic (exact) mass is 462 g/mol. The Kier molecular flexibility index (Phi) is 7.59. The molecule has 0 amide bonds. The summed E-state index contributed by atoms with van der Waals surface area (Å²) >= 11 is 0. The van der Waals surface area contributed by atoms with E-state index in [1.54, 1.807) is 7.11 Å². The van der Waals surface area contributed by atoms with E-state index >= 15 is 0 Å². The topological polar surface area (TPSA) is 120 Å². The number of nitrogens with zero attached hydrogens (tertiary/aromatic N) is 2. The normalized spacial score (nSPS) is 14.5. The molecule has 1 aliphatic rings. The van der Waals surface area contributed by atoms with Gasteiger partial charge in [-0.2, -0.15) is 0 Å². The first-order valence-corrected chi connectivity index (χ1v) is 11.5. The number of benzene rings is 2. The minimum absolute atomic E-state index is 0.257. The number of carboxylic acid groups (broad SMARTS) is 1. The molecule has 1 heterocycles. The maximum Gasteiger partial charge on any atom is 0.320 e. The molecule has 1 aliphatic carbocycles. The molecule has 0 bridgehead atoms. The Morgan fingerprint density at radius 3 is 2.53 bits per heavy atom. The van der Waals surface area contributed by atoms with Gasteiger partial charge in [0.2, 0.25) is 0 Å². The SMILES string of the molecule is COc1ccc(CNc2cc(-c3ccc(CC(N)C(=O)O)cc3)ncn2)cc1OC1CCCC1. The van der Waals surface area contributed by atoms with Crippen molar-refractivity contribution in [3.8, 4) is 22.8 Å². The minimum Gasteiger partial charge on any atom is -0.493 e. The van der Waals surface area contributed by atoms with Gasteiger partial charge < -0.3 is 25.6 Å². The van der Waals surface area contributed by atoms with Gasteiger partial charge in [0.05, 0.1) is 18.9 Å². The molecule has 1 saturated carbocycles. The molecule has 1 unspecified atom stereocenters. The van der Waals surface area contributed by atoms with Gasteiger partial charge in [-0.05, 0) is 55.4 Å². The van der Waals surface area contributed by atoms with Crippen molar-refractivity contribution in [1.29, 1.82) is 0 Å². The van der Waals surface area contributed by atoms with Crippen molar-refractivity contribution in [2.75, 3.05) is 12.4 Å². The van der Waals surface area contributed by atoms with Crippen LogP contribution < -0.4 is 20.5 Å². The molecule has 1 fully saturated rings. The molecule has 0 spiro atoms. The number of methoxy groups -OCH3 is 1. The van der Waals surface area contributed by atoms with Crippen molar-refractivity contribution in [3.63, 3.8) is 0 Å². The van der Waals surface area contributed by atoms with Gasteiger partial charge in [-0.1, -0.05) is 30.3 Å². The first-order chi connectivity index (χ1) is 16.5. The number of hydrogen-bond acceptors (Lipinski definition) is 7. The van der Waals surface area contributed by atoms with Crippen LogP contribution in [0.1, 0.15) is 36.8 Å². The van der Waals surface area contributed by atoms with E-state index in [4.69, 9.17) is 20.3 Å². The summed E-state index contributed by atoms with van der Waals surface area (Å²) in [5.74, 6) is 1.22. The summed E-state index contributed by atoms with van der Waals surface area (Å²) in [5.41, 5.74) is 9.23. The van der Waals surface area contributed by atoms with Crippen molar-refractivity contribution < 1.29 is 19.4 Å². The summed E-state index contributed by atoms with van der Waals surface area (Å²) in [5, 5.41) is 12.3. The van der Waals surface area contributed by atoms with Crippen LogP contribution in [0.15, 0.2) is 54.9 Å². The highest BCUT2D eigenvalue weighted by atomic mass is 16.5. The lowest BCUT2D eigenvalue weighted by Crippen LogP contribution is -2.32. The highest BCUT2D eigenvalue weighted by Gasteiger charge is 2.18. The van der Waals surface area contributed by atoms with E-state index in [-0.39, 0.29) is 12.5 Å². The van der Waals surface area contributed by atoms with Gasteiger partial charge >= 0.3 is 5.97 Å². The van der Waals surface area contributed by atoms with Crippen LogP contribution in [0.5, 0.6) is 11.5 Å². The molecule has 2 aromatic carbocycles. The van der Waals surface area contributed by atoms with Crippen molar-refractivity contribution in [1.82, 2.24) is 9.97 Å². The molecule has 4 rings (SSSR count). The highest BCUT2D eigenvalue weighted by molar-refractivity contribution is 5.73. The molecular formula is C26H30N4O4. The number of nitrogens with one attached hydrogen (secondary N) is 1. The number of carbonyl (C=O) groups is 1. The van der Waals surface area contributed by atoms with Crippen molar-refractivity contribution in [3.05, 3.63) is 66.0 Å². The van der Waals surface area contributed by atoms with Crippen LogP contribution in [-0.4, -0.2) is 40.3 Å². The van der Waals surface area contributed by atoms with Crippen LogP contribution in [-0.2, 0) is 17.8 Å².